The molecule has 1 saturated heterocycles. The van der Waals surface area contributed by atoms with E-state index in [2.05, 4.69) is 25.7 Å². The van der Waals surface area contributed by atoms with E-state index in [9.17, 15) is 0 Å². The zero-order chi connectivity index (χ0) is 8.93. The standard InChI is InChI=1S/C10H20N2/c1-10(2,3)12-6-7-4-8(11)9(12)5-7/h7-9H,4-6,11H2,1-3H3/t7?,8-,9?/m1/s1. The maximum absolute atomic E-state index is 6.07. The lowest BCUT2D eigenvalue weighted by molar-refractivity contribution is 0.0860. The largest absolute Gasteiger partial charge is 0.326 e. The highest BCUT2D eigenvalue weighted by atomic mass is 15.3. The van der Waals surface area contributed by atoms with Crippen molar-refractivity contribution < 1.29 is 0 Å². The molecule has 2 rings (SSSR count). The molecule has 70 valence electrons. The molecule has 0 amide bonds. The van der Waals surface area contributed by atoms with Crippen molar-refractivity contribution in [2.24, 2.45) is 11.7 Å². The predicted octanol–water partition coefficient (Wildman–Crippen LogP) is 1.21. The number of likely N-dealkylation sites (tertiary alicyclic amines) is 1. The van der Waals surface area contributed by atoms with E-state index >= 15 is 0 Å². The molecule has 1 saturated carbocycles. The summed E-state index contributed by atoms with van der Waals surface area (Å²) < 4.78 is 0. The number of nitrogens with zero attached hydrogens (tertiary/aromatic N) is 1. The third-order valence-electron chi connectivity index (χ3n) is 3.39. The second-order valence-electron chi connectivity index (χ2n) is 5.39. The Morgan fingerprint density at radius 2 is 1.92 bits per heavy atom. The molecular formula is C10H20N2. The second-order valence-corrected chi connectivity index (χ2v) is 5.39. The van der Waals surface area contributed by atoms with Crippen LogP contribution in [0.25, 0.3) is 0 Å². The Morgan fingerprint density at radius 3 is 2.25 bits per heavy atom. The van der Waals surface area contributed by atoms with Gasteiger partial charge in [-0.05, 0) is 39.5 Å². The summed E-state index contributed by atoms with van der Waals surface area (Å²) in [4.78, 5) is 2.59. The normalized spacial score (nSPS) is 42.5. The Morgan fingerprint density at radius 1 is 1.25 bits per heavy atom. The highest BCUT2D eigenvalue weighted by molar-refractivity contribution is 5.03. The van der Waals surface area contributed by atoms with Gasteiger partial charge in [-0.15, -0.1) is 0 Å². The molecule has 0 aromatic carbocycles. The minimum Gasteiger partial charge on any atom is -0.326 e. The van der Waals surface area contributed by atoms with Gasteiger partial charge in [0.1, 0.15) is 0 Å². The van der Waals surface area contributed by atoms with Crippen molar-refractivity contribution >= 4 is 0 Å². The smallest absolute Gasteiger partial charge is 0.0255 e. The van der Waals surface area contributed by atoms with E-state index in [0.717, 1.165) is 5.92 Å². The van der Waals surface area contributed by atoms with Gasteiger partial charge < -0.3 is 5.73 Å². The fourth-order valence-electron chi connectivity index (χ4n) is 2.85. The van der Waals surface area contributed by atoms with Gasteiger partial charge in [0, 0.05) is 24.2 Å². The first-order valence-electron chi connectivity index (χ1n) is 5.01. The van der Waals surface area contributed by atoms with Crippen LogP contribution in [0.4, 0.5) is 0 Å². The average molecular weight is 168 g/mol. The van der Waals surface area contributed by atoms with Gasteiger partial charge in [-0.3, -0.25) is 4.90 Å². The maximum Gasteiger partial charge on any atom is 0.0255 e. The van der Waals surface area contributed by atoms with Crippen LogP contribution >= 0.6 is 0 Å². The quantitative estimate of drug-likeness (QED) is 0.589. The molecule has 3 atom stereocenters. The molecule has 2 unspecified atom stereocenters. The van der Waals surface area contributed by atoms with E-state index < -0.39 is 0 Å². The lowest BCUT2D eigenvalue weighted by Gasteiger charge is -2.41. The van der Waals surface area contributed by atoms with E-state index in [1.807, 2.05) is 0 Å². The molecule has 2 bridgehead atoms. The number of hydrogen-bond acceptors (Lipinski definition) is 2. The molecule has 0 spiro atoms. The van der Waals surface area contributed by atoms with E-state index in [0.29, 0.717) is 17.6 Å². The van der Waals surface area contributed by atoms with Gasteiger partial charge in [0.25, 0.3) is 0 Å². The number of piperidine rings is 1. The van der Waals surface area contributed by atoms with Gasteiger partial charge in [0.2, 0.25) is 0 Å². The summed E-state index contributed by atoms with van der Waals surface area (Å²) >= 11 is 0. The fraction of sp³-hybridized carbons (Fsp3) is 1.00. The van der Waals surface area contributed by atoms with Crippen molar-refractivity contribution in [1.82, 2.24) is 4.90 Å². The van der Waals surface area contributed by atoms with Gasteiger partial charge >= 0.3 is 0 Å². The lowest BCUT2D eigenvalue weighted by Crippen LogP contribution is -2.53. The van der Waals surface area contributed by atoms with E-state index in [-0.39, 0.29) is 0 Å². The Labute approximate surface area is 75.1 Å². The molecule has 0 radical (unpaired) electrons. The number of rotatable bonds is 0. The molecule has 0 aromatic rings. The van der Waals surface area contributed by atoms with Crippen LogP contribution in [0.1, 0.15) is 33.6 Å². The summed E-state index contributed by atoms with van der Waals surface area (Å²) in [6.45, 7) is 8.16. The summed E-state index contributed by atoms with van der Waals surface area (Å²) in [6.07, 6.45) is 2.61. The predicted molar refractivity (Wildman–Crippen MR) is 50.9 cm³/mol. The van der Waals surface area contributed by atoms with E-state index in [4.69, 9.17) is 5.73 Å². The zero-order valence-electron chi connectivity index (χ0n) is 8.38. The number of nitrogens with two attached hydrogens (primary N) is 1. The molecule has 2 N–H and O–H groups in total. The monoisotopic (exact) mass is 168 g/mol. The SMILES string of the molecule is CC(C)(C)N1CC2CC1[C@H](N)C2. The molecule has 2 nitrogen and oxygen atoms in total. The topological polar surface area (TPSA) is 29.3 Å². The first-order chi connectivity index (χ1) is 5.48. The van der Waals surface area contributed by atoms with Crippen LogP contribution in [0.2, 0.25) is 0 Å². The molecular weight excluding hydrogens is 148 g/mol. The second kappa shape index (κ2) is 2.46. The Kier molecular flexibility index (Phi) is 1.74. The van der Waals surface area contributed by atoms with Crippen molar-refractivity contribution in [2.45, 2.75) is 51.2 Å². The van der Waals surface area contributed by atoms with Crippen molar-refractivity contribution in [2.75, 3.05) is 6.54 Å². The van der Waals surface area contributed by atoms with Gasteiger partial charge in [0.05, 0.1) is 0 Å². The van der Waals surface area contributed by atoms with E-state index in [1.54, 1.807) is 0 Å². The minimum absolute atomic E-state index is 0.317. The molecule has 2 aliphatic rings. The average Bonchev–Trinajstić information content (AvgIpc) is 2.41. The Balaban J connectivity index is 2.12. The molecule has 2 fully saturated rings. The summed E-state index contributed by atoms with van der Waals surface area (Å²) in [5.41, 5.74) is 6.38. The van der Waals surface area contributed by atoms with Gasteiger partial charge in [0.15, 0.2) is 0 Å². The van der Waals surface area contributed by atoms with Crippen LogP contribution in [-0.4, -0.2) is 29.1 Å². The van der Waals surface area contributed by atoms with Crippen LogP contribution in [-0.2, 0) is 0 Å². The molecule has 1 heterocycles. The van der Waals surface area contributed by atoms with Gasteiger partial charge in [-0.1, -0.05) is 0 Å². The molecule has 0 aromatic heterocycles. The van der Waals surface area contributed by atoms with E-state index in [1.165, 1.54) is 19.4 Å². The Bertz CT molecular complexity index is 183. The molecule has 2 heteroatoms. The lowest BCUT2D eigenvalue weighted by atomic mass is 9.99. The van der Waals surface area contributed by atoms with Gasteiger partial charge in [-0.2, -0.15) is 0 Å². The third kappa shape index (κ3) is 1.17. The Hall–Kier alpha value is -0.0800. The highest BCUT2D eigenvalue weighted by Gasteiger charge is 2.46. The van der Waals surface area contributed by atoms with Crippen molar-refractivity contribution in [3.63, 3.8) is 0 Å². The van der Waals surface area contributed by atoms with Crippen LogP contribution in [0.15, 0.2) is 0 Å². The van der Waals surface area contributed by atoms with Crippen molar-refractivity contribution in [3.05, 3.63) is 0 Å². The number of hydrogen-bond donors (Lipinski definition) is 1. The minimum atomic E-state index is 0.317. The summed E-state index contributed by atoms with van der Waals surface area (Å²) in [5, 5.41) is 0. The molecule has 1 aliphatic carbocycles. The number of fused-ring (bicyclic) bond motifs is 2. The summed E-state index contributed by atoms with van der Waals surface area (Å²) in [7, 11) is 0. The van der Waals surface area contributed by atoms with Crippen LogP contribution in [0, 0.1) is 5.92 Å². The zero-order valence-corrected chi connectivity index (χ0v) is 8.38. The third-order valence-corrected chi connectivity index (χ3v) is 3.39. The molecule has 1 aliphatic heterocycles. The first kappa shape index (κ1) is 8.52. The van der Waals surface area contributed by atoms with Crippen molar-refractivity contribution in [3.8, 4) is 0 Å². The highest BCUT2D eigenvalue weighted by Crippen LogP contribution is 2.40. The van der Waals surface area contributed by atoms with Crippen LogP contribution in [0.5, 0.6) is 0 Å². The maximum atomic E-state index is 6.07. The first-order valence-corrected chi connectivity index (χ1v) is 5.01. The summed E-state index contributed by atoms with van der Waals surface area (Å²) in [6, 6.07) is 1.12. The van der Waals surface area contributed by atoms with Gasteiger partial charge in [-0.25, -0.2) is 0 Å². The van der Waals surface area contributed by atoms with Crippen molar-refractivity contribution in [1.29, 1.82) is 0 Å². The van der Waals surface area contributed by atoms with Crippen LogP contribution < -0.4 is 5.73 Å². The fourth-order valence-corrected chi connectivity index (χ4v) is 2.85. The molecule has 12 heavy (non-hydrogen) atoms. The van der Waals surface area contributed by atoms with Crippen LogP contribution in [0.3, 0.4) is 0 Å². The summed E-state index contributed by atoms with van der Waals surface area (Å²) in [5.74, 6) is 0.893.